The monoisotopic (exact) mass is 492 g/mol. The molecule has 1 amide bonds. The van der Waals surface area contributed by atoms with Gasteiger partial charge in [-0.1, -0.05) is 0 Å². The number of likely N-dealkylation sites (N-methyl/N-ethyl adjacent to an activating group) is 1. The molecule has 12 nitrogen and oxygen atoms in total. The Bertz CT molecular complexity index is 1130. The Morgan fingerprint density at radius 1 is 0.944 bits per heavy atom. The van der Waals surface area contributed by atoms with Crippen LogP contribution in [0.15, 0.2) is 43.5 Å². The van der Waals surface area contributed by atoms with Gasteiger partial charge in [0.05, 0.1) is 6.54 Å². The van der Waals surface area contributed by atoms with Gasteiger partial charge in [-0.15, -0.1) is 0 Å². The number of amides is 1. The predicted octanol–water partition coefficient (Wildman–Crippen LogP) is 0.616. The summed E-state index contributed by atoms with van der Waals surface area (Å²) >= 11 is 0. The largest absolute Gasteiger partial charge is 0.476 e. The lowest BCUT2D eigenvalue weighted by atomic mass is 9.96. The maximum absolute atomic E-state index is 12.7. The number of carbonyl (C=O) groups is 1. The van der Waals surface area contributed by atoms with E-state index in [4.69, 9.17) is 4.74 Å². The minimum Gasteiger partial charge on any atom is -0.476 e. The Hall–Kier alpha value is -3.80. The molecule has 2 saturated heterocycles. The number of piperidine rings is 1. The highest BCUT2D eigenvalue weighted by molar-refractivity contribution is 5.79. The smallest absolute Gasteiger partial charge is 0.223 e. The van der Waals surface area contributed by atoms with Crippen molar-refractivity contribution in [2.45, 2.75) is 12.8 Å². The summed E-state index contributed by atoms with van der Waals surface area (Å²) in [6.07, 6.45) is 9.93. The number of ether oxygens (including phenoxy) is 1. The summed E-state index contributed by atoms with van der Waals surface area (Å²) in [7, 11) is 2.13. The van der Waals surface area contributed by atoms with Gasteiger partial charge >= 0.3 is 0 Å². The summed E-state index contributed by atoms with van der Waals surface area (Å²) in [5, 5.41) is 3.01. The molecule has 2 aliphatic heterocycles. The van der Waals surface area contributed by atoms with Crippen LogP contribution in [0.4, 0.5) is 11.6 Å². The molecule has 0 bridgehead atoms. The van der Waals surface area contributed by atoms with E-state index in [1.165, 1.54) is 6.33 Å². The predicted molar refractivity (Wildman–Crippen MR) is 134 cm³/mol. The van der Waals surface area contributed by atoms with Crippen LogP contribution in [0.5, 0.6) is 5.88 Å². The van der Waals surface area contributed by atoms with Crippen molar-refractivity contribution in [3.63, 3.8) is 0 Å². The molecule has 0 aliphatic carbocycles. The molecular formula is C24H32N10O2. The number of aromatic nitrogens is 6. The Morgan fingerprint density at radius 3 is 2.39 bits per heavy atom. The molecule has 12 heteroatoms. The Balaban J connectivity index is 1.04. The first-order valence-electron chi connectivity index (χ1n) is 12.4. The van der Waals surface area contributed by atoms with Gasteiger partial charge in [0.25, 0.3) is 0 Å². The third-order valence-corrected chi connectivity index (χ3v) is 6.70. The van der Waals surface area contributed by atoms with Gasteiger partial charge in [0.15, 0.2) is 0 Å². The minimum atomic E-state index is -0.0147. The molecule has 3 aromatic rings. The standard InChI is InChI=1S/C24H32N10O2/c1-31-9-11-33(12-10-31)22-15-23(30-17-29-22)36-13-5-26-24(35)19-2-6-32(7-3-19)20-14-21(28-16-27-20)34-8-4-25-18-34/h4,8,14-19H,2-3,5-7,9-13H2,1H3,(H,26,35). The van der Waals surface area contributed by atoms with Crippen LogP contribution in [-0.2, 0) is 4.79 Å². The number of piperazine rings is 1. The van der Waals surface area contributed by atoms with Gasteiger partial charge in [0.1, 0.15) is 43.0 Å². The van der Waals surface area contributed by atoms with Crippen molar-refractivity contribution in [3.8, 4) is 11.7 Å². The molecule has 0 saturated carbocycles. The number of nitrogens with zero attached hydrogens (tertiary/aromatic N) is 9. The fourth-order valence-electron chi connectivity index (χ4n) is 4.51. The van der Waals surface area contributed by atoms with Gasteiger partial charge in [0.2, 0.25) is 11.8 Å². The van der Waals surface area contributed by atoms with Gasteiger partial charge in [0, 0.05) is 69.7 Å². The molecular weight excluding hydrogens is 460 g/mol. The fraction of sp³-hybridized carbons (Fsp3) is 0.500. The molecule has 0 radical (unpaired) electrons. The van der Waals surface area contributed by atoms with E-state index >= 15 is 0 Å². The summed E-state index contributed by atoms with van der Waals surface area (Å²) in [6.45, 7) is 6.23. The molecule has 2 fully saturated rings. The van der Waals surface area contributed by atoms with Crippen molar-refractivity contribution in [2.75, 3.05) is 69.3 Å². The second-order valence-electron chi connectivity index (χ2n) is 9.11. The molecule has 0 unspecified atom stereocenters. The minimum absolute atomic E-state index is 0.0147. The third-order valence-electron chi connectivity index (χ3n) is 6.70. The topological polar surface area (TPSA) is 117 Å². The lowest BCUT2D eigenvalue weighted by molar-refractivity contribution is -0.125. The second kappa shape index (κ2) is 11.3. The number of imidazole rings is 1. The molecule has 5 rings (SSSR count). The maximum atomic E-state index is 12.7. The second-order valence-corrected chi connectivity index (χ2v) is 9.11. The van der Waals surface area contributed by atoms with Crippen LogP contribution in [0.25, 0.3) is 5.82 Å². The number of carbonyl (C=O) groups excluding carboxylic acids is 1. The van der Waals surface area contributed by atoms with Crippen molar-refractivity contribution in [1.82, 2.24) is 39.7 Å². The van der Waals surface area contributed by atoms with Crippen LogP contribution < -0.4 is 19.9 Å². The van der Waals surface area contributed by atoms with Gasteiger partial charge in [-0.05, 0) is 19.9 Å². The van der Waals surface area contributed by atoms with Crippen LogP contribution in [0.1, 0.15) is 12.8 Å². The van der Waals surface area contributed by atoms with Crippen LogP contribution in [0.3, 0.4) is 0 Å². The third kappa shape index (κ3) is 5.88. The van der Waals surface area contributed by atoms with Crippen molar-refractivity contribution >= 4 is 17.5 Å². The normalized spacial score (nSPS) is 17.2. The van der Waals surface area contributed by atoms with Crippen LogP contribution in [0.2, 0.25) is 0 Å². The lowest BCUT2D eigenvalue weighted by Crippen LogP contribution is -2.44. The van der Waals surface area contributed by atoms with Gasteiger partial charge in [-0.25, -0.2) is 24.9 Å². The van der Waals surface area contributed by atoms with Crippen molar-refractivity contribution in [1.29, 1.82) is 0 Å². The van der Waals surface area contributed by atoms with Gasteiger partial charge in [-0.3, -0.25) is 9.36 Å². The summed E-state index contributed by atoms with van der Waals surface area (Å²) in [5.74, 6) is 3.10. The Kier molecular flexibility index (Phi) is 7.50. The van der Waals surface area contributed by atoms with Gasteiger partial charge < -0.3 is 24.8 Å². The first kappa shape index (κ1) is 23.9. The average molecular weight is 493 g/mol. The zero-order valence-corrected chi connectivity index (χ0v) is 20.5. The lowest BCUT2D eigenvalue weighted by Gasteiger charge is -2.33. The summed E-state index contributed by atoms with van der Waals surface area (Å²) in [6, 6.07) is 3.82. The molecule has 1 N–H and O–H groups in total. The van der Waals surface area contributed by atoms with Crippen LogP contribution in [-0.4, -0.2) is 99.8 Å². The van der Waals surface area contributed by atoms with Crippen molar-refractivity contribution in [2.24, 2.45) is 5.92 Å². The van der Waals surface area contributed by atoms with Gasteiger partial charge in [-0.2, -0.15) is 0 Å². The SMILES string of the molecule is CN1CCN(c2cc(OCCNC(=O)C3CCN(c4cc(-n5ccnc5)ncn4)CC3)ncn2)CC1. The number of nitrogens with one attached hydrogen (secondary N) is 1. The molecule has 0 atom stereocenters. The van der Waals surface area contributed by atoms with E-state index in [2.05, 4.69) is 52.0 Å². The number of rotatable bonds is 8. The van der Waals surface area contributed by atoms with Crippen LogP contribution >= 0.6 is 0 Å². The molecule has 0 aromatic carbocycles. The first-order chi connectivity index (χ1) is 17.7. The zero-order chi connectivity index (χ0) is 24.7. The molecule has 3 aromatic heterocycles. The van der Waals surface area contributed by atoms with E-state index in [1.807, 2.05) is 22.9 Å². The maximum Gasteiger partial charge on any atom is 0.223 e. The van der Waals surface area contributed by atoms with E-state index in [9.17, 15) is 4.79 Å². The highest BCUT2D eigenvalue weighted by Crippen LogP contribution is 2.23. The van der Waals surface area contributed by atoms with E-state index in [0.29, 0.717) is 19.0 Å². The highest BCUT2D eigenvalue weighted by atomic mass is 16.5. The summed E-state index contributed by atoms with van der Waals surface area (Å²) < 4.78 is 7.63. The average Bonchev–Trinajstić information content (AvgIpc) is 3.47. The van der Waals surface area contributed by atoms with Crippen LogP contribution in [0, 0.1) is 5.92 Å². The highest BCUT2D eigenvalue weighted by Gasteiger charge is 2.25. The molecule has 36 heavy (non-hydrogen) atoms. The van der Waals surface area contributed by atoms with E-state index < -0.39 is 0 Å². The quantitative estimate of drug-likeness (QED) is 0.448. The molecule has 0 spiro atoms. The van der Waals surface area contributed by atoms with E-state index in [-0.39, 0.29) is 11.8 Å². The fourth-order valence-corrected chi connectivity index (χ4v) is 4.51. The number of hydrogen-bond donors (Lipinski definition) is 1. The zero-order valence-electron chi connectivity index (χ0n) is 20.5. The molecule has 2 aliphatic rings. The summed E-state index contributed by atoms with van der Waals surface area (Å²) in [5.41, 5.74) is 0. The van der Waals surface area contributed by atoms with Crippen molar-refractivity contribution < 1.29 is 9.53 Å². The summed E-state index contributed by atoms with van der Waals surface area (Å²) in [4.78, 5) is 40.8. The molecule has 5 heterocycles. The first-order valence-corrected chi connectivity index (χ1v) is 12.4. The van der Waals surface area contributed by atoms with Crippen molar-refractivity contribution in [3.05, 3.63) is 43.5 Å². The van der Waals surface area contributed by atoms with E-state index in [1.54, 1.807) is 18.9 Å². The number of hydrogen-bond acceptors (Lipinski definition) is 10. The Morgan fingerprint density at radius 2 is 1.64 bits per heavy atom. The van der Waals surface area contributed by atoms with E-state index in [0.717, 1.165) is 69.6 Å². The molecule has 190 valence electrons. The number of anilines is 2. The Labute approximate surface area is 210 Å².